The van der Waals surface area contributed by atoms with Gasteiger partial charge in [0.1, 0.15) is 18.1 Å². The molecule has 3 N–H and O–H groups in total. The largest absolute Gasteiger partial charge is 0.493 e. The molecule has 0 aliphatic heterocycles. The molecule has 1 aliphatic carbocycles. The van der Waals surface area contributed by atoms with E-state index in [1.807, 2.05) is 42.5 Å². The number of benzene rings is 4. The summed E-state index contributed by atoms with van der Waals surface area (Å²) in [4.78, 5) is 35.9. The first kappa shape index (κ1) is 31.3. The van der Waals surface area contributed by atoms with E-state index in [0.717, 1.165) is 23.3 Å². The van der Waals surface area contributed by atoms with Crippen LogP contribution in [0, 0.1) is 5.92 Å². The van der Waals surface area contributed by atoms with E-state index in [-0.39, 0.29) is 23.1 Å². The van der Waals surface area contributed by atoms with Gasteiger partial charge >= 0.3 is 11.9 Å². The van der Waals surface area contributed by atoms with Gasteiger partial charge in [-0.25, -0.2) is 4.79 Å². The monoisotopic (exact) mass is 607 g/mol. The van der Waals surface area contributed by atoms with Crippen LogP contribution in [0.25, 0.3) is 11.1 Å². The molecule has 0 saturated heterocycles. The fourth-order valence-corrected chi connectivity index (χ4v) is 5.52. The van der Waals surface area contributed by atoms with Crippen LogP contribution in [0.3, 0.4) is 0 Å². The summed E-state index contributed by atoms with van der Waals surface area (Å²) in [5, 5.41) is 21.6. The van der Waals surface area contributed by atoms with Crippen LogP contribution in [0.5, 0.6) is 11.5 Å². The molecule has 1 amide bonds. The highest BCUT2D eigenvalue weighted by atomic mass is 16.5. The summed E-state index contributed by atoms with van der Waals surface area (Å²) < 4.78 is 11.9. The zero-order chi connectivity index (χ0) is 31.6. The number of carboxylic acids is 2. The van der Waals surface area contributed by atoms with Gasteiger partial charge in [-0.15, -0.1) is 0 Å². The molecule has 5 rings (SSSR count). The lowest BCUT2D eigenvalue weighted by atomic mass is 9.86. The predicted octanol–water partition coefficient (Wildman–Crippen LogP) is 7.02. The van der Waals surface area contributed by atoms with E-state index in [2.05, 4.69) is 41.7 Å². The van der Waals surface area contributed by atoms with Gasteiger partial charge in [-0.2, -0.15) is 0 Å². The summed E-state index contributed by atoms with van der Waals surface area (Å²) in [5.74, 6) is -1.65. The molecule has 0 unspecified atom stereocenters. The van der Waals surface area contributed by atoms with Crippen molar-refractivity contribution in [1.29, 1.82) is 0 Å². The van der Waals surface area contributed by atoms with Gasteiger partial charge in [-0.05, 0) is 91.1 Å². The molecule has 45 heavy (non-hydrogen) atoms. The minimum absolute atomic E-state index is 0.00593. The molecule has 1 fully saturated rings. The Balaban J connectivity index is 1.09. The summed E-state index contributed by atoms with van der Waals surface area (Å²) in [6.45, 7) is 0.816. The highest BCUT2D eigenvalue weighted by Crippen LogP contribution is 2.27. The number of nitrogens with one attached hydrogen (secondary N) is 1. The second-order valence-electron chi connectivity index (χ2n) is 11.3. The Morgan fingerprint density at radius 2 is 1.40 bits per heavy atom. The molecule has 0 atom stereocenters. The lowest BCUT2D eigenvalue weighted by Crippen LogP contribution is -2.39. The summed E-state index contributed by atoms with van der Waals surface area (Å²) in [6, 6.07) is 30.6. The topological polar surface area (TPSA) is 122 Å². The van der Waals surface area contributed by atoms with Gasteiger partial charge in [0.05, 0.1) is 23.7 Å². The standard InChI is InChI=1S/C37H37NO7/c39-35(38-31-17-14-29(15-18-31)36(40)41)33-23-30(37(42)43)16-21-34(33)44-22-4-5-25-10-19-32(20-11-25)45-24-26-8-12-28(13-9-26)27-6-2-1-3-7-27/h1-3,6-13,16,19-21,23,29,31H,4-5,14-15,17-18,22,24H2,(H,38,39)(H,40,41)(H,42,43). The predicted molar refractivity (Wildman–Crippen MR) is 171 cm³/mol. The number of carboxylic acid groups (broad SMARTS) is 2. The second-order valence-corrected chi connectivity index (χ2v) is 11.3. The van der Waals surface area contributed by atoms with E-state index in [1.165, 1.54) is 29.3 Å². The first-order valence-electron chi connectivity index (χ1n) is 15.3. The average Bonchev–Trinajstić information content (AvgIpc) is 3.07. The molecule has 8 nitrogen and oxygen atoms in total. The van der Waals surface area contributed by atoms with Crippen molar-refractivity contribution in [2.24, 2.45) is 5.92 Å². The van der Waals surface area contributed by atoms with Crippen molar-refractivity contribution in [3.05, 3.63) is 119 Å². The quantitative estimate of drug-likeness (QED) is 0.140. The van der Waals surface area contributed by atoms with Crippen LogP contribution in [0.2, 0.25) is 0 Å². The molecular formula is C37H37NO7. The van der Waals surface area contributed by atoms with Crippen molar-refractivity contribution in [1.82, 2.24) is 5.32 Å². The molecule has 1 aliphatic rings. The first-order chi connectivity index (χ1) is 21.9. The van der Waals surface area contributed by atoms with Gasteiger partial charge in [-0.1, -0.05) is 66.7 Å². The minimum Gasteiger partial charge on any atom is -0.493 e. The van der Waals surface area contributed by atoms with E-state index in [4.69, 9.17) is 9.47 Å². The molecular weight excluding hydrogens is 570 g/mol. The lowest BCUT2D eigenvalue weighted by Gasteiger charge is -2.27. The van der Waals surface area contributed by atoms with Gasteiger partial charge in [-0.3, -0.25) is 9.59 Å². The maximum Gasteiger partial charge on any atom is 0.335 e. The molecule has 0 bridgehead atoms. The number of hydrogen-bond donors (Lipinski definition) is 3. The third-order valence-electron chi connectivity index (χ3n) is 8.14. The Morgan fingerprint density at radius 3 is 2.07 bits per heavy atom. The van der Waals surface area contributed by atoms with E-state index < -0.39 is 17.8 Å². The molecule has 0 heterocycles. The van der Waals surface area contributed by atoms with Crippen LogP contribution >= 0.6 is 0 Å². The van der Waals surface area contributed by atoms with Crippen LogP contribution in [0.4, 0.5) is 0 Å². The second kappa shape index (κ2) is 15.1. The summed E-state index contributed by atoms with van der Waals surface area (Å²) >= 11 is 0. The van der Waals surface area contributed by atoms with E-state index in [1.54, 1.807) is 0 Å². The number of aryl methyl sites for hydroxylation is 1. The van der Waals surface area contributed by atoms with Crippen LogP contribution in [0.15, 0.2) is 97.1 Å². The van der Waals surface area contributed by atoms with Crippen molar-refractivity contribution in [3.63, 3.8) is 0 Å². The highest BCUT2D eigenvalue weighted by Gasteiger charge is 2.27. The number of hydrogen-bond acceptors (Lipinski definition) is 5. The smallest absolute Gasteiger partial charge is 0.335 e. The molecule has 232 valence electrons. The number of aromatic carboxylic acids is 1. The molecule has 0 radical (unpaired) electrons. The Hall–Kier alpha value is -5.11. The molecule has 4 aromatic carbocycles. The van der Waals surface area contributed by atoms with Crippen molar-refractivity contribution in [2.45, 2.75) is 51.2 Å². The molecule has 4 aromatic rings. The Bertz CT molecular complexity index is 1590. The molecule has 0 spiro atoms. The summed E-state index contributed by atoms with van der Waals surface area (Å²) in [6.07, 6.45) is 3.55. The minimum atomic E-state index is -1.13. The van der Waals surface area contributed by atoms with E-state index in [9.17, 15) is 24.6 Å². The average molecular weight is 608 g/mol. The van der Waals surface area contributed by atoms with Gasteiger partial charge in [0.2, 0.25) is 0 Å². The maximum absolute atomic E-state index is 13.1. The number of rotatable bonds is 13. The van der Waals surface area contributed by atoms with Crippen LogP contribution in [-0.4, -0.2) is 40.7 Å². The van der Waals surface area contributed by atoms with E-state index in [0.29, 0.717) is 51.1 Å². The van der Waals surface area contributed by atoms with Gasteiger partial charge in [0, 0.05) is 6.04 Å². The van der Waals surface area contributed by atoms with Crippen LogP contribution in [-0.2, 0) is 17.8 Å². The number of amides is 1. The zero-order valence-electron chi connectivity index (χ0n) is 25.0. The fourth-order valence-electron chi connectivity index (χ4n) is 5.52. The Kier molecular flexibility index (Phi) is 10.5. The fraction of sp³-hybridized carbons (Fsp3) is 0.270. The summed E-state index contributed by atoms with van der Waals surface area (Å²) in [5.41, 5.74) is 4.71. The van der Waals surface area contributed by atoms with Crippen molar-refractivity contribution < 1.29 is 34.1 Å². The molecule has 0 aromatic heterocycles. The van der Waals surface area contributed by atoms with Gasteiger partial charge < -0.3 is 25.0 Å². The van der Waals surface area contributed by atoms with Gasteiger partial charge in [0.15, 0.2) is 0 Å². The van der Waals surface area contributed by atoms with E-state index >= 15 is 0 Å². The maximum atomic E-state index is 13.1. The van der Waals surface area contributed by atoms with Crippen molar-refractivity contribution in [3.8, 4) is 22.6 Å². The normalized spacial score (nSPS) is 16.0. The SMILES string of the molecule is O=C(O)c1ccc(OCCCc2ccc(OCc3ccc(-c4ccccc4)cc3)cc2)c(C(=O)NC2CCC(C(=O)O)CC2)c1. The highest BCUT2D eigenvalue weighted by molar-refractivity contribution is 6.00. The molecule has 1 saturated carbocycles. The first-order valence-corrected chi connectivity index (χ1v) is 15.3. The lowest BCUT2D eigenvalue weighted by molar-refractivity contribution is -0.142. The zero-order valence-corrected chi connectivity index (χ0v) is 25.0. The van der Waals surface area contributed by atoms with Crippen LogP contribution in [0.1, 0.15) is 63.9 Å². The van der Waals surface area contributed by atoms with Crippen molar-refractivity contribution in [2.75, 3.05) is 6.61 Å². The third-order valence-corrected chi connectivity index (χ3v) is 8.14. The van der Waals surface area contributed by atoms with Crippen LogP contribution < -0.4 is 14.8 Å². The number of carbonyl (C=O) groups is 3. The number of carbonyl (C=O) groups excluding carboxylic acids is 1. The Morgan fingerprint density at radius 1 is 0.733 bits per heavy atom. The van der Waals surface area contributed by atoms with Crippen molar-refractivity contribution >= 4 is 17.8 Å². The summed E-state index contributed by atoms with van der Waals surface area (Å²) in [7, 11) is 0. The van der Waals surface area contributed by atoms with Gasteiger partial charge in [0.25, 0.3) is 5.91 Å². The number of aliphatic carboxylic acids is 1. The third kappa shape index (κ3) is 8.72. The Labute approximate surface area is 262 Å². The number of ether oxygens (including phenoxy) is 2. The molecule has 8 heteroatoms.